The van der Waals surface area contributed by atoms with E-state index in [-0.39, 0.29) is 11.7 Å². The lowest BCUT2D eigenvalue weighted by molar-refractivity contribution is -0.130. The number of thiazole rings is 1. The van der Waals surface area contributed by atoms with Crippen LogP contribution in [0.3, 0.4) is 0 Å². The second-order valence-corrected chi connectivity index (χ2v) is 7.61. The Balaban J connectivity index is 1.36. The summed E-state index contributed by atoms with van der Waals surface area (Å²) in [7, 11) is 0. The van der Waals surface area contributed by atoms with E-state index in [4.69, 9.17) is 0 Å². The Morgan fingerprint density at radius 1 is 1.00 bits per heavy atom. The molecule has 27 heavy (non-hydrogen) atoms. The zero-order valence-corrected chi connectivity index (χ0v) is 15.7. The lowest BCUT2D eigenvalue weighted by Crippen LogP contribution is -2.49. The highest BCUT2D eigenvalue weighted by Gasteiger charge is 2.22. The first kappa shape index (κ1) is 17.7. The molecule has 1 aliphatic rings. The summed E-state index contributed by atoms with van der Waals surface area (Å²) in [6.07, 6.45) is 2.00. The van der Waals surface area contributed by atoms with Crippen molar-refractivity contribution in [3.63, 3.8) is 0 Å². The molecule has 0 bridgehead atoms. The van der Waals surface area contributed by atoms with Crippen molar-refractivity contribution in [2.45, 2.75) is 6.42 Å². The van der Waals surface area contributed by atoms with E-state index in [0.29, 0.717) is 30.1 Å². The third-order valence-corrected chi connectivity index (χ3v) is 5.77. The van der Waals surface area contributed by atoms with Crippen molar-refractivity contribution in [2.24, 2.45) is 0 Å². The summed E-state index contributed by atoms with van der Waals surface area (Å²) >= 11 is 1.38. The Kier molecular flexibility index (Phi) is 5.16. The van der Waals surface area contributed by atoms with Crippen LogP contribution in [-0.2, 0) is 11.2 Å². The second kappa shape index (κ2) is 7.88. The van der Waals surface area contributed by atoms with E-state index in [1.807, 2.05) is 23.1 Å². The lowest BCUT2D eigenvalue weighted by atomic mass is 10.2. The van der Waals surface area contributed by atoms with Gasteiger partial charge in [-0.15, -0.1) is 11.3 Å². The second-order valence-electron chi connectivity index (χ2n) is 6.49. The fourth-order valence-electron chi connectivity index (χ4n) is 3.26. The number of carbonyl (C=O) groups is 1. The monoisotopic (exact) mass is 381 g/mol. The molecule has 0 N–H and O–H groups in total. The number of halogens is 1. The number of amides is 1. The average molecular weight is 381 g/mol. The highest BCUT2D eigenvalue weighted by atomic mass is 32.1. The molecule has 3 aromatic rings. The van der Waals surface area contributed by atoms with Crippen LogP contribution < -0.4 is 4.90 Å². The zero-order chi connectivity index (χ0) is 18.6. The molecule has 1 saturated heterocycles. The van der Waals surface area contributed by atoms with Crippen molar-refractivity contribution < 1.29 is 9.18 Å². The van der Waals surface area contributed by atoms with Crippen LogP contribution in [-0.4, -0.2) is 42.0 Å². The molecular formula is C21H20FN3OS. The first-order valence-electron chi connectivity index (χ1n) is 8.98. The molecule has 0 atom stereocenters. The lowest BCUT2D eigenvalue weighted by Gasteiger charge is -2.36. The number of rotatable bonds is 4. The van der Waals surface area contributed by atoms with Gasteiger partial charge in [0.1, 0.15) is 10.8 Å². The molecule has 2 heterocycles. The van der Waals surface area contributed by atoms with Gasteiger partial charge in [0, 0.05) is 48.5 Å². The molecule has 1 amide bonds. The average Bonchev–Trinajstić information content (AvgIpc) is 3.17. The van der Waals surface area contributed by atoms with Crippen LogP contribution >= 0.6 is 11.3 Å². The smallest absolute Gasteiger partial charge is 0.228 e. The van der Waals surface area contributed by atoms with Crippen LogP contribution in [0, 0.1) is 5.82 Å². The number of para-hydroxylation sites is 1. The highest BCUT2D eigenvalue weighted by Crippen LogP contribution is 2.28. The molecule has 4 nitrogen and oxygen atoms in total. The van der Waals surface area contributed by atoms with Crippen LogP contribution in [0.25, 0.3) is 10.6 Å². The molecule has 0 saturated carbocycles. The van der Waals surface area contributed by atoms with Crippen molar-refractivity contribution in [3.05, 3.63) is 71.5 Å². The van der Waals surface area contributed by atoms with Gasteiger partial charge in [-0.05, 0) is 24.3 Å². The first-order chi connectivity index (χ1) is 13.2. The number of aromatic nitrogens is 1. The van der Waals surface area contributed by atoms with Crippen LogP contribution in [0.5, 0.6) is 0 Å². The Morgan fingerprint density at radius 2 is 1.70 bits per heavy atom. The molecule has 0 aliphatic carbocycles. The number of anilines is 1. The number of hydrogen-bond acceptors (Lipinski definition) is 4. The molecular weight excluding hydrogens is 361 g/mol. The number of nitrogens with zero attached hydrogens (tertiary/aromatic N) is 3. The summed E-state index contributed by atoms with van der Waals surface area (Å²) in [6, 6.07) is 16.8. The van der Waals surface area contributed by atoms with Gasteiger partial charge in [-0.2, -0.15) is 0 Å². The fourth-order valence-corrected chi connectivity index (χ4v) is 4.19. The van der Waals surface area contributed by atoms with E-state index in [1.165, 1.54) is 23.1 Å². The Morgan fingerprint density at radius 3 is 2.44 bits per heavy atom. The predicted molar refractivity (Wildman–Crippen MR) is 106 cm³/mol. The molecule has 0 radical (unpaired) electrons. The van der Waals surface area contributed by atoms with Crippen molar-refractivity contribution in [1.29, 1.82) is 0 Å². The Labute approximate surface area is 161 Å². The molecule has 2 aromatic carbocycles. The molecule has 1 aromatic heterocycles. The summed E-state index contributed by atoms with van der Waals surface area (Å²) in [5, 5.41) is 0.616. The molecule has 1 aliphatic heterocycles. The van der Waals surface area contributed by atoms with E-state index >= 15 is 0 Å². The molecule has 0 unspecified atom stereocenters. The van der Waals surface area contributed by atoms with Crippen LogP contribution in [0.2, 0.25) is 0 Å². The van der Waals surface area contributed by atoms with Crippen molar-refractivity contribution in [1.82, 2.24) is 9.88 Å². The Hall–Kier alpha value is -2.73. The first-order valence-corrected chi connectivity index (χ1v) is 9.80. The van der Waals surface area contributed by atoms with Gasteiger partial charge in [0.15, 0.2) is 0 Å². The minimum atomic E-state index is -0.290. The third kappa shape index (κ3) is 4.01. The van der Waals surface area contributed by atoms with Crippen molar-refractivity contribution >= 4 is 22.9 Å². The number of benzene rings is 2. The van der Waals surface area contributed by atoms with Crippen LogP contribution in [0.15, 0.2) is 60.8 Å². The number of carbonyl (C=O) groups excluding carboxylic acids is 1. The van der Waals surface area contributed by atoms with E-state index in [1.54, 1.807) is 24.4 Å². The maximum Gasteiger partial charge on any atom is 0.228 e. The quantitative estimate of drug-likeness (QED) is 0.689. The van der Waals surface area contributed by atoms with E-state index in [2.05, 4.69) is 22.0 Å². The zero-order valence-electron chi connectivity index (χ0n) is 14.8. The molecule has 6 heteroatoms. The minimum Gasteiger partial charge on any atom is -0.368 e. The summed E-state index contributed by atoms with van der Waals surface area (Å²) in [6.45, 7) is 3.09. The van der Waals surface area contributed by atoms with Gasteiger partial charge in [0.05, 0.1) is 6.42 Å². The summed E-state index contributed by atoms with van der Waals surface area (Å²) in [5.41, 5.74) is 1.68. The SMILES string of the molecule is O=C(Cc1cnc(-c2ccccc2F)s1)N1CCN(c2ccccc2)CC1. The van der Waals surface area contributed by atoms with Gasteiger partial charge in [0.2, 0.25) is 5.91 Å². The van der Waals surface area contributed by atoms with Gasteiger partial charge in [-0.1, -0.05) is 30.3 Å². The van der Waals surface area contributed by atoms with E-state index in [9.17, 15) is 9.18 Å². The van der Waals surface area contributed by atoms with Crippen molar-refractivity contribution in [2.75, 3.05) is 31.1 Å². The van der Waals surface area contributed by atoms with Gasteiger partial charge in [-0.25, -0.2) is 9.37 Å². The van der Waals surface area contributed by atoms with Crippen LogP contribution in [0.1, 0.15) is 4.88 Å². The van der Waals surface area contributed by atoms with Gasteiger partial charge < -0.3 is 9.80 Å². The van der Waals surface area contributed by atoms with Gasteiger partial charge in [-0.3, -0.25) is 4.79 Å². The standard InChI is InChI=1S/C21H20FN3OS/c22-19-9-5-4-8-18(19)21-23-15-17(27-21)14-20(26)25-12-10-24(11-13-25)16-6-2-1-3-7-16/h1-9,15H,10-14H2. The molecule has 0 spiro atoms. The predicted octanol–water partition coefficient (Wildman–Crippen LogP) is 3.84. The fraction of sp³-hybridized carbons (Fsp3) is 0.238. The maximum atomic E-state index is 13.9. The summed E-state index contributed by atoms with van der Waals surface area (Å²) in [5.74, 6) is -0.187. The van der Waals surface area contributed by atoms with Gasteiger partial charge in [0.25, 0.3) is 0 Å². The molecule has 1 fully saturated rings. The maximum absolute atomic E-state index is 13.9. The van der Waals surface area contributed by atoms with E-state index in [0.717, 1.165) is 18.0 Å². The number of piperazine rings is 1. The number of hydrogen-bond donors (Lipinski definition) is 0. The topological polar surface area (TPSA) is 36.4 Å². The third-order valence-electron chi connectivity index (χ3n) is 4.74. The molecule has 138 valence electrons. The Bertz CT molecular complexity index is 920. The van der Waals surface area contributed by atoms with Crippen LogP contribution in [0.4, 0.5) is 10.1 Å². The molecule has 4 rings (SSSR count). The normalized spacial score (nSPS) is 14.4. The minimum absolute atomic E-state index is 0.103. The largest absolute Gasteiger partial charge is 0.368 e. The van der Waals surface area contributed by atoms with Crippen molar-refractivity contribution in [3.8, 4) is 10.6 Å². The van der Waals surface area contributed by atoms with Gasteiger partial charge >= 0.3 is 0 Å². The van der Waals surface area contributed by atoms with E-state index < -0.39 is 0 Å². The summed E-state index contributed by atoms with van der Waals surface area (Å²) < 4.78 is 13.9. The summed E-state index contributed by atoms with van der Waals surface area (Å²) in [4.78, 5) is 22.0. The highest BCUT2D eigenvalue weighted by molar-refractivity contribution is 7.15.